The van der Waals surface area contributed by atoms with Gasteiger partial charge in [-0.2, -0.15) is 0 Å². The van der Waals surface area contributed by atoms with Crippen LogP contribution in [0.3, 0.4) is 0 Å². The number of methoxy groups -OCH3 is 1. The van der Waals surface area contributed by atoms with Crippen molar-refractivity contribution < 1.29 is 17.9 Å². The molecular weight excluding hydrogens is 328 g/mol. The van der Waals surface area contributed by atoms with E-state index in [2.05, 4.69) is 5.32 Å². The standard InChI is InChI=1S/C17H20N2O4S/c1-11-8-12(2)16(24(18,21)22)9-14(11)17(20)19-15-7-5-4-6-13(15)10-23-3/h4-9H,10H2,1-3H3,(H,19,20)(H2,18,21,22). The van der Waals surface area contributed by atoms with Gasteiger partial charge in [0.05, 0.1) is 11.5 Å². The third-order valence-corrected chi connectivity index (χ3v) is 4.69. The van der Waals surface area contributed by atoms with Gasteiger partial charge >= 0.3 is 0 Å². The topological polar surface area (TPSA) is 98.5 Å². The molecule has 0 heterocycles. The van der Waals surface area contributed by atoms with E-state index in [9.17, 15) is 13.2 Å². The zero-order valence-corrected chi connectivity index (χ0v) is 14.6. The summed E-state index contributed by atoms with van der Waals surface area (Å²) in [6.07, 6.45) is 0. The highest BCUT2D eigenvalue weighted by atomic mass is 32.2. The molecule has 0 atom stereocenters. The Hall–Kier alpha value is -2.22. The number of nitrogens with one attached hydrogen (secondary N) is 1. The number of rotatable bonds is 5. The summed E-state index contributed by atoms with van der Waals surface area (Å²) in [5.74, 6) is -0.402. The summed E-state index contributed by atoms with van der Waals surface area (Å²) in [5, 5.41) is 8.01. The average molecular weight is 348 g/mol. The normalized spacial score (nSPS) is 11.3. The van der Waals surface area contributed by atoms with E-state index in [0.717, 1.165) is 5.56 Å². The number of benzene rings is 2. The number of sulfonamides is 1. The Morgan fingerprint density at radius 2 is 1.83 bits per heavy atom. The molecule has 0 fully saturated rings. The molecular formula is C17H20N2O4S. The van der Waals surface area contributed by atoms with Gasteiger partial charge in [0, 0.05) is 23.9 Å². The fourth-order valence-electron chi connectivity index (χ4n) is 2.50. The van der Waals surface area contributed by atoms with Crippen molar-refractivity contribution in [1.82, 2.24) is 0 Å². The number of nitrogens with two attached hydrogens (primary N) is 1. The lowest BCUT2D eigenvalue weighted by Gasteiger charge is -2.13. The molecule has 1 amide bonds. The van der Waals surface area contributed by atoms with Crippen LogP contribution < -0.4 is 10.5 Å². The summed E-state index contributed by atoms with van der Waals surface area (Å²) in [6, 6.07) is 10.2. The average Bonchev–Trinajstić information content (AvgIpc) is 2.48. The molecule has 0 radical (unpaired) electrons. The first-order valence-corrected chi connectivity index (χ1v) is 8.81. The van der Waals surface area contributed by atoms with E-state index in [4.69, 9.17) is 9.88 Å². The van der Waals surface area contributed by atoms with Gasteiger partial charge in [-0.15, -0.1) is 0 Å². The lowest BCUT2D eigenvalue weighted by atomic mass is 10.0. The number of amides is 1. The lowest BCUT2D eigenvalue weighted by Crippen LogP contribution is -2.18. The first-order valence-electron chi connectivity index (χ1n) is 7.26. The Morgan fingerprint density at radius 3 is 2.46 bits per heavy atom. The van der Waals surface area contributed by atoms with Crippen molar-refractivity contribution in [2.75, 3.05) is 12.4 Å². The minimum absolute atomic E-state index is 0.0524. The number of anilines is 1. The largest absolute Gasteiger partial charge is 0.380 e. The van der Waals surface area contributed by atoms with Gasteiger partial charge in [-0.3, -0.25) is 4.79 Å². The van der Waals surface area contributed by atoms with Crippen LogP contribution in [0.4, 0.5) is 5.69 Å². The SMILES string of the molecule is COCc1ccccc1NC(=O)c1cc(S(N)(=O)=O)c(C)cc1C. The van der Waals surface area contributed by atoms with Gasteiger partial charge in [-0.1, -0.05) is 24.3 Å². The molecule has 2 aromatic rings. The molecule has 0 saturated carbocycles. The Morgan fingerprint density at radius 1 is 1.17 bits per heavy atom. The summed E-state index contributed by atoms with van der Waals surface area (Å²) in [6.45, 7) is 3.74. The van der Waals surface area contributed by atoms with Crippen molar-refractivity contribution in [2.45, 2.75) is 25.3 Å². The van der Waals surface area contributed by atoms with Crippen molar-refractivity contribution in [3.63, 3.8) is 0 Å². The Balaban J connectivity index is 2.41. The summed E-state index contributed by atoms with van der Waals surface area (Å²) < 4.78 is 28.4. The van der Waals surface area contributed by atoms with Crippen LogP contribution in [0, 0.1) is 13.8 Å². The molecule has 0 bridgehead atoms. The quantitative estimate of drug-likeness (QED) is 0.866. The minimum Gasteiger partial charge on any atom is -0.380 e. The van der Waals surface area contributed by atoms with E-state index in [1.54, 1.807) is 39.2 Å². The van der Waals surface area contributed by atoms with Crippen LogP contribution in [0.15, 0.2) is 41.3 Å². The molecule has 3 N–H and O–H groups in total. The van der Waals surface area contributed by atoms with Gasteiger partial charge in [-0.25, -0.2) is 13.6 Å². The molecule has 0 aliphatic carbocycles. The third kappa shape index (κ3) is 4.00. The Kier molecular flexibility index (Phi) is 5.38. The summed E-state index contributed by atoms with van der Waals surface area (Å²) in [7, 11) is -2.33. The van der Waals surface area contributed by atoms with Crippen LogP contribution >= 0.6 is 0 Å². The molecule has 0 aliphatic rings. The molecule has 128 valence electrons. The fourth-order valence-corrected chi connectivity index (χ4v) is 3.29. The number of para-hydroxylation sites is 1. The fraction of sp³-hybridized carbons (Fsp3) is 0.235. The predicted octanol–water partition coefficient (Wildman–Crippen LogP) is 2.35. The number of ether oxygens (including phenoxy) is 1. The van der Waals surface area contributed by atoms with Crippen LogP contribution in [0.5, 0.6) is 0 Å². The number of carbonyl (C=O) groups is 1. The summed E-state index contributed by atoms with van der Waals surface area (Å²) in [4.78, 5) is 12.5. The molecule has 6 nitrogen and oxygen atoms in total. The number of hydrogen-bond acceptors (Lipinski definition) is 4. The molecule has 7 heteroatoms. The monoisotopic (exact) mass is 348 g/mol. The van der Waals surface area contributed by atoms with Crippen LogP contribution in [0.2, 0.25) is 0 Å². The van der Waals surface area contributed by atoms with Crippen molar-refractivity contribution in [2.24, 2.45) is 5.14 Å². The molecule has 0 aliphatic heterocycles. The van der Waals surface area contributed by atoms with E-state index >= 15 is 0 Å². The number of primary sulfonamides is 1. The highest BCUT2D eigenvalue weighted by Gasteiger charge is 2.18. The van der Waals surface area contributed by atoms with Crippen molar-refractivity contribution >= 4 is 21.6 Å². The molecule has 0 aromatic heterocycles. The zero-order chi connectivity index (χ0) is 17.9. The highest BCUT2D eigenvalue weighted by molar-refractivity contribution is 7.89. The zero-order valence-electron chi connectivity index (χ0n) is 13.8. The summed E-state index contributed by atoms with van der Waals surface area (Å²) in [5.41, 5.74) is 2.87. The maximum absolute atomic E-state index is 12.6. The number of hydrogen-bond donors (Lipinski definition) is 2. The lowest BCUT2D eigenvalue weighted by molar-refractivity contribution is 0.102. The second-order valence-corrected chi connectivity index (χ2v) is 7.05. The number of aryl methyl sites for hydroxylation is 2. The smallest absolute Gasteiger partial charge is 0.255 e. The van der Waals surface area contributed by atoms with Crippen molar-refractivity contribution in [1.29, 1.82) is 0 Å². The van der Waals surface area contributed by atoms with E-state index in [1.165, 1.54) is 6.07 Å². The van der Waals surface area contributed by atoms with Crippen molar-refractivity contribution in [3.05, 3.63) is 58.7 Å². The third-order valence-electron chi connectivity index (χ3n) is 3.64. The minimum atomic E-state index is -3.90. The van der Waals surface area contributed by atoms with Gasteiger partial charge in [0.1, 0.15) is 0 Å². The number of carbonyl (C=O) groups excluding carboxylic acids is 1. The molecule has 0 saturated heterocycles. The van der Waals surface area contributed by atoms with E-state index in [1.807, 2.05) is 12.1 Å². The molecule has 0 spiro atoms. The molecule has 2 aromatic carbocycles. The van der Waals surface area contributed by atoms with Gasteiger partial charge in [0.15, 0.2) is 0 Å². The first kappa shape index (κ1) is 18.1. The predicted molar refractivity (Wildman–Crippen MR) is 92.4 cm³/mol. The van der Waals surface area contributed by atoms with Gasteiger partial charge in [-0.05, 0) is 37.1 Å². The maximum Gasteiger partial charge on any atom is 0.255 e. The van der Waals surface area contributed by atoms with E-state index in [0.29, 0.717) is 23.4 Å². The van der Waals surface area contributed by atoms with Gasteiger partial charge in [0.25, 0.3) is 5.91 Å². The van der Waals surface area contributed by atoms with E-state index in [-0.39, 0.29) is 10.5 Å². The molecule has 24 heavy (non-hydrogen) atoms. The summed E-state index contributed by atoms with van der Waals surface area (Å²) >= 11 is 0. The second-order valence-electron chi connectivity index (χ2n) is 5.52. The Bertz CT molecular complexity index is 876. The highest BCUT2D eigenvalue weighted by Crippen LogP contribution is 2.22. The first-order chi connectivity index (χ1) is 11.2. The Labute approximate surface area is 141 Å². The van der Waals surface area contributed by atoms with Crippen LogP contribution in [0.1, 0.15) is 27.0 Å². The van der Waals surface area contributed by atoms with Crippen LogP contribution in [0.25, 0.3) is 0 Å². The molecule has 0 unspecified atom stereocenters. The van der Waals surface area contributed by atoms with Crippen LogP contribution in [-0.2, 0) is 21.4 Å². The second kappa shape index (κ2) is 7.12. The van der Waals surface area contributed by atoms with Crippen molar-refractivity contribution in [3.8, 4) is 0 Å². The van der Waals surface area contributed by atoms with Crippen LogP contribution in [-0.4, -0.2) is 21.4 Å². The van der Waals surface area contributed by atoms with Gasteiger partial charge in [0.2, 0.25) is 10.0 Å². The van der Waals surface area contributed by atoms with E-state index < -0.39 is 15.9 Å². The molecule has 2 rings (SSSR count). The van der Waals surface area contributed by atoms with Gasteiger partial charge < -0.3 is 10.1 Å². The maximum atomic E-state index is 12.6.